The first-order valence-electron chi connectivity index (χ1n) is 5.93. The molecule has 0 saturated carbocycles. The van der Waals surface area contributed by atoms with Crippen LogP contribution in [0.25, 0.3) is 0 Å². The van der Waals surface area contributed by atoms with E-state index in [1.165, 1.54) is 17.7 Å². The number of nitrogens with one attached hydrogen (secondary N) is 1. The molecule has 92 valence electrons. The zero-order valence-electron chi connectivity index (χ0n) is 10.1. The molecule has 0 spiro atoms. The van der Waals surface area contributed by atoms with Crippen molar-refractivity contribution in [1.82, 2.24) is 5.32 Å². The Morgan fingerprint density at radius 1 is 1.41 bits per heavy atom. The number of thioether (sulfide) groups is 1. The Kier molecular flexibility index (Phi) is 4.74. The van der Waals surface area contributed by atoms with Crippen molar-refractivity contribution in [2.24, 2.45) is 4.99 Å². The summed E-state index contributed by atoms with van der Waals surface area (Å²) in [6.45, 7) is 1.87. The summed E-state index contributed by atoms with van der Waals surface area (Å²) in [6, 6.07) is 8.15. The lowest BCUT2D eigenvalue weighted by Gasteiger charge is -2.14. The summed E-state index contributed by atoms with van der Waals surface area (Å²) in [5.74, 6) is 2.15. The van der Waals surface area contributed by atoms with E-state index in [0.29, 0.717) is 0 Å². The van der Waals surface area contributed by atoms with Gasteiger partial charge in [0, 0.05) is 18.8 Å². The largest absolute Gasteiger partial charge is 0.496 e. The van der Waals surface area contributed by atoms with Crippen molar-refractivity contribution in [3.05, 3.63) is 29.8 Å². The van der Waals surface area contributed by atoms with Gasteiger partial charge in [-0.25, -0.2) is 0 Å². The highest BCUT2D eigenvalue weighted by Gasteiger charge is 2.05. The van der Waals surface area contributed by atoms with Crippen LogP contribution in [-0.2, 0) is 6.42 Å². The Balaban J connectivity index is 1.83. The van der Waals surface area contributed by atoms with E-state index in [0.717, 1.165) is 30.4 Å². The molecule has 3 nitrogen and oxygen atoms in total. The first kappa shape index (κ1) is 12.3. The van der Waals surface area contributed by atoms with Crippen LogP contribution < -0.4 is 10.1 Å². The summed E-state index contributed by atoms with van der Waals surface area (Å²) in [5, 5.41) is 4.47. The zero-order chi connectivity index (χ0) is 11.9. The lowest BCUT2D eigenvalue weighted by molar-refractivity contribution is 0.409. The van der Waals surface area contributed by atoms with E-state index in [-0.39, 0.29) is 0 Å². The van der Waals surface area contributed by atoms with Gasteiger partial charge in [0.2, 0.25) is 0 Å². The van der Waals surface area contributed by atoms with Gasteiger partial charge in [-0.1, -0.05) is 30.0 Å². The van der Waals surface area contributed by atoms with Crippen LogP contribution in [0.1, 0.15) is 12.0 Å². The van der Waals surface area contributed by atoms with Crippen molar-refractivity contribution in [3.63, 3.8) is 0 Å². The van der Waals surface area contributed by atoms with Crippen LogP contribution in [0.3, 0.4) is 0 Å². The third kappa shape index (κ3) is 3.66. The molecule has 1 aliphatic heterocycles. The lowest BCUT2D eigenvalue weighted by Crippen LogP contribution is -2.25. The lowest BCUT2D eigenvalue weighted by atomic mass is 10.1. The standard InChI is InChI=1S/C13H18N2OS/c1-16-12-6-3-2-5-11(12)7-9-15-13-14-8-4-10-17-13/h2-3,5-6H,4,7-10H2,1H3,(H,14,15). The number of methoxy groups -OCH3 is 1. The van der Waals surface area contributed by atoms with Gasteiger partial charge in [-0.15, -0.1) is 0 Å². The molecule has 0 aromatic heterocycles. The molecule has 1 aliphatic rings. The van der Waals surface area contributed by atoms with Crippen molar-refractivity contribution in [2.45, 2.75) is 12.8 Å². The molecule has 4 heteroatoms. The molecule has 0 aliphatic carbocycles. The molecule has 0 fully saturated rings. The minimum atomic E-state index is 0.909. The molecule has 17 heavy (non-hydrogen) atoms. The predicted molar refractivity (Wildman–Crippen MR) is 74.1 cm³/mol. The van der Waals surface area contributed by atoms with Gasteiger partial charge in [-0.3, -0.25) is 4.99 Å². The van der Waals surface area contributed by atoms with Gasteiger partial charge in [0.05, 0.1) is 7.11 Å². The van der Waals surface area contributed by atoms with Gasteiger partial charge in [0.15, 0.2) is 5.17 Å². The molecular weight excluding hydrogens is 232 g/mol. The average molecular weight is 250 g/mol. The third-order valence-corrected chi connectivity index (χ3v) is 3.70. The van der Waals surface area contributed by atoms with Crippen molar-refractivity contribution in [3.8, 4) is 5.75 Å². The van der Waals surface area contributed by atoms with Crippen LogP contribution in [0.15, 0.2) is 29.3 Å². The molecule has 1 N–H and O–H groups in total. The van der Waals surface area contributed by atoms with Gasteiger partial charge in [0.1, 0.15) is 5.75 Å². The number of benzene rings is 1. The van der Waals surface area contributed by atoms with E-state index in [9.17, 15) is 0 Å². The van der Waals surface area contributed by atoms with Gasteiger partial charge in [-0.05, 0) is 24.5 Å². The number of amidine groups is 1. The Hall–Kier alpha value is -1.16. The van der Waals surface area contributed by atoms with Crippen LogP contribution in [0.4, 0.5) is 0 Å². The molecule has 0 bridgehead atoms. The van der Waals surface area contributed by atoms with E-state index in [2.05, 4.69) is 16.4 Å². The molecular formula is C13H18N2OS. The fourth-order valence-corrected chi connectivity index (χ4v) is 2.63. The van der Waals surface area contributed by atoms with Gasteiger partial charge in [-0.2, -0.15) is 0 Å². The van der Waals surface area contributed by atoms with E-state index in [1.54, 1.807) is 7.11 Å². The van der Waals surface area contributed by atoms with Crippen LogP contribution in [0, 0.1) is 0 Å². The topological polar surface area (TPSA) is 33.6 Å². The Bertz CT molecular complexity index is 393. The van der Waals surface area contributed by atoms with Crippen molar-refractivity contribution < 1.29 is 4.74 Å². The van der Waals surface area contributed by atoms with Crippen LogP contribution in [0.5, 0.6) is 5.75 Å². The van der Waals surface area contributed by atoms with Crippen LogP contribution in [0.2, 0.25) is 0 Å². The Morgan fingerprint density at radius 3 is 3.06 bits per heavy atom. The molecule has 2 rings (SSSR count). The molecule has 0 saturated heterocycles. The maximum absolute atomic E-state index is 5.32. The van der Waals surface area contributed by atoms with Gasteiger partial charge >= 0.3 is 0 Å². The summed E-state index contributed by atoms with van der Waals surface area (Å²) in [5.41, 5.74) is 1.24. The first-order chi connectivity index (χ1) is 8.40. The number of ether oxygens (including phenoxy) is 1. The smallest absolute Gasteiger partial charge is 0.156 e. The molecule has 1 aromatic carbocycles. The summed E-state index contributed by atoms with van der Waals surface area (Å²) < 4.78 is 5.32. The predicted octanol–water partition coefficient (Wildman–Crippen LogP) is 2.32. The number of hydrogen-bond donors (Lipinski definition) is 1. The van der Waals surface area contributed by atoms with Crippen molar-refractivity contribution in [1.29, 1.82) is 0 Å². The molecule has 0 unspecified atom stereocenters. The average Bonchev–Trinajstić information content (AvgIpc) is 2.40. The molecule has 0 atom stereocenters. The summed E-state index contributed by atoms with van der Waals surface area (Å²) in [6.07, 6.45) is 2.16. The van der Waals surface area contributed by atoms with E-state index < -0.39 is 0 Å². The second kappa shape index (κ2) is 6.55. The highest BCUT2D eigenvalue weighted by molar-refractivity contribution is 8.13. The molecule has 0 amide bonds. The second-order valence-corrected chi connectivity index (χ2v) is 4.96. The number of nitrogens with zero attached hydrogens (tertiary/aromatic N) is 1. The monoisotopic (exact) mass is 250 g/mol. The maximum Gasteiger partial charge on any atom is 0.156 e. The molecule has 0 radical (unpaired) electrons. The van der Waals surface area contributed by atoms with Gasteiger partial charge in [0.25, 0.3) is 0 Å². The zero-order valence-corrected chi connectivity index (χ0v) is 10.9. The van der Waals surface area contributed by atoms with E-state index in [4.69, 9.17) is 4.74 Å². The van der Waals surface area contributed by atoms with Crippen LogP contribution >= 0.6 is 11.8 Å². The second-order valence-electron chi connectivity index (χ2n) is 3.88. The number of rotatable bonds is 4. The number of para-hydroxylation sites is 1. The fraction of sp³-hybridized carbons (Fsp3) is 0.462. The third-order valence-electron chi connectivity index (χ3n) is 2.66. The summed E-state index contributed by atoms with van der Waals surface area (Å²) >= 11 is 1.82. The minimum absolute atomic E-state index is 0.909. The summed E-state index contributed by atoms with van der Waals surface area (Å²) in [7, 11) is 1.72. The minimum Gasteiger partial charge on any atom is -0.496 e. The molecule has 1 heterocycles. The van der Waals surface area contributed by atoms with E-state index >= 15 is 0 Å². The highest BCUT2D eigenvalue weighted by Crippen LogP contribution is 2.17. The van der Waals surface area contributed by atoms with E-state index in [1.807, 2.05) is 30.0 Å². The Morgan fingerprint density at radius 2 is 2.29 bits per heavy atom. The highest BCUT2D eigenvalue weighted by atomic mass is 32.2. The quantitative estimate of drug-likeness (QED) is 0.890. The first-order valence-corrected chi connectivity index (χ1v) is 6.92. The maximum atomic E-state index is 5.32. The van der Waals surface area contributed by atoms with Gasteiger partial charge < -0.3 is 10.1 Å². The fourth-order valence-electron chi connectivity index (χ4n) is 1.78. The van der Waals surface area contributed by atoms with Crippen molar-refractivity contribution in [2.75, 3.05) is 26.0 Å². The van der Waals surface area contributed by atoms with Crippen molar-refractivity contribution >= 4 is 16.9 Å². The summed E-state index contributed by atoms with van der Waals surface area (Å²) in [4.78, 5) is 4.44. The molecule has 1 aromatic rings. The SMILES string of the molecule is COc1ccccc1CCNC1=NCCCS1. The number of aliphatic imine (C=N–C) groups is 1. The normalized spacial score (nSPS) is 15.2. The number of hydrogen-bond acceptors (Lipinski definition) is 4. The van der Waals surface area contributed by atoms with Crippen LogP contribution in [-0.4, -0.2) is 31.1 Å². The Labute approximate surface area is 107 Å².